The summed E-state index contributed by atoms with van der Waals surface area (Å²) in [5.41, 5.74) is 2.92. The zero-order chi connectivity index (χ0) is 18.9. The summed E-state index contributed by atoms with van der Waals surface area (Å²) in [6.07, 6.45) is 0.348. The van der Waals surface area contributed by atoms with Gasteiger partial charge >= 0.3 is 0 Å². The van der Waals surface area contributed by atoms with Crippen LogP contribution in [0.3, 0.4) is 0 Å². The Bertz CT molecular complexity index is 1000. The Morgan fingerprint density at radius 2 is 2.00 bits per heavy atom. The van der Waals surface area contributed by atoms with Crippen molar-refractivity contribution in [1.82, 2.24) is 24.6 Å². The molecule has 0 atom stereocenters. The van der Waals surface area contributed by atoms with E-state index in [1.165, 1.54) is 11.4 Å². The fourth-order valence-corrected chi connectivity index (χ4v) is 4.20. The molecule has 0 bridgehead atoms. The fraction of sp³-hybridized carbons (Fsp3) is 0.353. The molecule has 0 radical (unpaired) electrons. The van der Waals surface area contributed by atoms with Crippen LogP contribution in [0.1, 0.15) is 22.8 Å². The van der Waals surface area contributed by atoms with Crippen molar-refractivity contribution < 1.29 is 12.9 Å². The van der Waals surface area contributed by atoms with E-state index in [-0.39, 0.29) is 11.4 Å². The van der Waals surface area contributed by atoms with Crippen LogP contribution in [-0.2, 0) is 16.4 Å². The molecule has 0 aliphatic heterocycles. The number of nitrogens with zero attached hydrogens (tertiary/aromatic N) is 4. The van der Waals surface area contributed by atoms with E-state index in [2.05, 4.69) is 20.3 Å². The monoisotopic (exact) mass is 375 g/mol. The summed E-state index contributed by atoms with van der Waals surface area (Å²) in [6, 6.07) is 7.76. The number of benzene rings is 1. The molecule has 2 aromatic heterocycles. The van der Waals surface area contributed by atoms with E-state index < -0.39 is 10.0 Å². The van der Waals surface area contributed by atoms with E-state index in [0.717, 1.165) is 11.1 Å². The van der Waals surface area contributed by atoms with Crippen LogP contribution in [0, 0.1) is 20.8 Å². The van der Waals surface area contributed by atoms with Crippen molar-refractivity contribution >= 4 is 10.0 Å². The predicted octanol–water partition coefficient (Wildman–Crippen LogP) is 2.25. The second-order valence-corrected chi connectivity index (χ2v) is 8.21. The van der Waals surface area contributed by atoms with Gasteiger partial charge in [0.15, 0.2) is 5.82 Å². The topological polar surface area (TPSA) is 105 Å². The molecule has 0 aliphatic rings. The van der Waals surface area contributed by atoms with Crippen molar-refractivity contribution in [2.24, 2.45) is 0 Å². The van der Waals surface area contributed by atoms with Crippen molar-refractivity contribution in [2.45, 2.75) is 32.1 Å². The maximum Gasteiger partial charge on any atom is 0.257 e. The number of hydrogen-bond donors (Lipinski definition) is 1. The van der Waals surface area contributed by atoms with Crippen LogP contribution in [0.15, 0.2) is 33.7 Å². The predicted molar refractivity (Wildman–Crippen MR) is 96.1 cm³/mol. The van der Waals surface area contributed by atoms with Gasteiger partial charge in [0.1, 0.15) is 4.90 Å². The summed E-state index contributed by atoms with van der Waals surface area (Å²) in [5.74, 6) is 0.889. The summed E-state index contributed by atoms with van der Waals surface area (Å²) in [4.78, 5) is 4.57. The molecule has 1 N–H and O–H groups in total. The average Bonchev–Trinajstić information content (AvgIpc) is 3.19. The summed E-state index contributed by atoms with van der Waals surface area (Å²) in [7, 11) is -2.09. The molecule has 138 valence electrons. The van der Waals surface area contributed by atoms with Crippen molar-refractivity contribution in [3.63, 3.8) is 0 Å². The number of likely N-dealkylation sites (N-methyl/N-ethyl adjacent to an activating group) is 1. The summed E-state index contributed by atoms with van der Waals surface area (Å²) < 4.78 is 32.0. The third-order valence-corrected chi connectivity index (χ3v) is 6.23. The maximum absolute atomic E-state index is 12.7. The van der Waals surface area contributed by atoms with Gasteiger partial charge in [0.05, 0.1) is 11.4 Å². The SMILES string of the molecule is Cc1cccc(-c2nc(CCN(C)S(=O)(=O)c3c(C)n[nH]c3C)no2)c1. The molecule has 26 heavy (non-hydrogen) atoms. The van der Waals surface area contributed by atoms with Crippen molar-refractivity contribution in [3.8, 4) is 11.5 Å². The van der Waals surface area contributed by atoms with Gasteiger partial charge in [-0.15, -0.1) is 0 Å². The van der Waals surface area contributed by atoms with Gasteiger partial charge in [0.25, 0.3) is 5.89 Å². The molecule has 2 heterocycles. The maximum atomic E-state index is 12.7. The molecule has 3 rings (SSSR count). The normalized spacial score (nSPS) is 12.0. The van der Waals surface area contributed by atoms with Gasteiger partial charge in [-0.2, -0.15) is 10.1 Å². The highest BCUT2D eigenvalue weighted by Gasteiger charge is 2.27. The molecule has 0 aliphatic carbocycles. The Balaban J connectivity index is 1.71. The third kappa shape index (κ3) is 3.54. The number of aromatic amines is 1. The van der Waals surface area contributed by atoms with Crippen LogP contribution >= 0.6 is 0 Å². The van der Waals surface area contributed by atoms with Gasteiger partial charge in [-0.1, -0.05) is 22.9 Å². The Labute approximate surface area is 152 Å². The van der Waals surface area contributed by atoms with E-state index >= 15 is 0 Å². The minimum atomic E-state index is -3.62. The Kier molecular flexibility index (Phi) is 4.92. The average molecular weight is 375 g/mol. The lowest BCUT2D eigenvalue weighted by atomic mass is 10.1. The summed E-state index contributed by atoms with van der Waals surface area (Å²) >= 11 is 0. The number of H-pyrrole nitrogens is 1. The Morgan fingerprint density at radius 1 is 1.23 bits per heavy atom. The van der Waals surface area contributed by atoms with Crippen LogP contribution < -0.4 is 0 Å². The van der Waals surface area contributed by atoms with Crippen LogP contribution in [-0.4, -0.2) is 46.7 Å². The lowest BCUT2D eigenvalue weighted by Crippen LogP contribution is -2.30. The molecule has 8 nitrogen and oxygen atoms in total. The smallest absolute Gasteiger partial charge is 0.257 e. The molecule has 0 saturated heterocycles. The van der Waals surface area contributed by atoms with E-state index in [9.17, 15) is 8.42 Å². The van der Waals surface area contributed by atoms with Crippen LogP contribution in [0.2, 0.25) is 0 Å². The molecule has 3 aromatic rings. The highest BCUT2D eigenvalue weighted by molar-refractivity contribution is 7.89. The van der Waals surface area contributed by atoms with E-state index in [0.29, 0.717) is 29.5 Å². The van der Waals surface area contributed by atoms with E-state index in [1.807, 2.05) is 31.2 Å². The zero-order valence-corrected chi connectivity index (χ0v) is 16.0. The first-order valence-corrected chi connectivity index (χ1v) is 9.60. The van der Waals surface area contributed by atoms with Gasteiger partial charge in [-0.3, -0.25) is 5.10 Å². The molecule has 9 heteroatoms. The number of aryl methyl sites for hydroxylation is 3. The van der Waals surface area contributed by atoms with Crippen LogP contribution in [0.4, 0.5) is 0 Å². The van der Waals surface area contributed by atoms with Crippen molar-refractivity contribution in [2.75, 3.05) is 13.6 Å². The van der Waals surface area contributed by atoms with Crippen molar-refractivity contribution in [3.05, 3.63) is 47.0 Å². The quantitative estimate of drug-likeness (QED) is 0.708. The first-order chi connectivity index (χ1) is 12.3. The van der Waals surface area contributed by atoms with Gasteiger partial charge in [0, 0.05) is 25.6 Å². The number of hydrogen-bond acceptors (Lipinski definition) is 6. The standard InChI is InChI=1S/C17H21N5O3S/c1-11-6-5-7-14(10-11)17-18-15(21-25-17)8-9-22(4)26(23,24)16-12(2)19-20-13(16)3/h5-7,10H,8-9H2,1-4H3,(H,19,20). The highest BCUT2D eigenvalue weighted by atomic mass is 32.2. The number of nitrogens with one attached hydrogen (secondary N) is 1. The lowest BCUT2D eigenvalue weighted by molar-refractivity contribution is 0.415. The van der Waals surface area contributed by atoms with Gasteiger partial charge in [-0.25, -0.2) is 12.7 Å². The lowest BCUT2D eigenvalue weighted by Gasteiger charge is -2.16. The van der Waals surface area contributed by atoms with Gasteiger partial charge in [-0.05, 0) is 32.9 Å². The van der Waals surface area contributed by atoms with Crippen LogP contribution in [0.25, 0.3) is 11.5 Å². The Morgan fingerprint density at radius 3 is 2.65 bits per heavy atom. The molecule has 0 fully saturated rings. The first kappa shape index (κ1) is 18.3. The molecule has 0 saturated carbocycles. The molecular formula is C17H21N5O3S. The largest absolute Gasteiger partial charge is 0.334 e. The number of aromatic nitrogens is 4. The number of rotatable bonds is 6. The first-order valence-electron chi connectivity index (χ1n) is 8.16. The van der Waals surface area contributed by atoms with E-state index in [1.54, 1.807) is 13.8 Å². The molecule has 0 amide bonds. The third-order valence-electron chi connectivity index (χ3n) is 4.11. The summed E-state index contributed by atoms with van der Waals surface area (Å²) in [6.45, 7) is 5.57. The zero-order valence-electron chi connectivity index (χ0n) is 15.1. The summed E-state index contributed by atoms with van der Waals surface area (Å²) in [5, 5.41) is 10.6. The van der Waals surface area contributed by atoms with Crippen LogP contribution in [0.5, 0.6) is 0 Å². The molecule has 1 aromatic carbocycles. The van der Waals surface area contributed by atoms with E-state index in [4.69, 9.17) is 4.52 Å². The van der Waals surface area contributed by atoms with Gasteiger partial charge < -0.3 is 4.52 Å². The second kappa shape index (κ2) is 7.00. The number of sulfonamides is 1. The van der Waals surface area contributed by atoms with Gasteiger partial charge in [0.2, 0.25) is 10.0 Å². The fourth-order valence-electron chi connectivity index (χ4n) is 2.71. The molecule has 0 unspecified atom stereocenters. The Hall–Kier alpha value is -2.52. The second-order valence-electron chi connectivity index (χ2n) is 6.22. The minimum Gasteiger partial charge on any atom is -0.334 e. The van der Waals surface area contributed by atoms with Crippen molar-refractivity contribution in [1.29, 1.82) is 0 Å². The highest BCUT2D eigenvalue weighted by Crippen LogP contribution is 2.21. The molecular weight excluding hydrogens is 354 g/mol. The minimum absolute atomic E-state index is 0.216. The molecule has 0 spiro atoms.